The number of hydrogen-bond donors (Lipinski definition) is 0. The minimum atomic E-state index is -2.87. The Balaban J connectivity index is 2.28. The lowest BCUT2D eigenvalue weighted by Crippen LogP contribution is -2.01. The van der Waals surface area contributed by atoms with Crippen LogP contribution in [-0.2, 0) is 18.5 Å². The van der Waals surface area contributed by atoms with E-state index in [-0.39, 0.29) is 5.78 Å². The van der Waals surface area contributed by atoms with Gasteiger partial charge in [0.05, 0.1) is 0 Å². The summed E-state index contributed by atoms with van der Waals surface area (Å²) in [6, 6.07) is 12.1. The lowest BCUT2D eigenvalue weighted by atomic mass is 10.1. The van der Waals surface area contributed by atoms with Gasteiger partial charge in [0.2, 0.25) is 22.1 Å². The molecule has 2 rings (SSSR count). The smallest absolute Gasteiger partial charge is 0.247 e. The summed E-state index contributed by atoms with van der Waals surface area (Å²) < 4.78 is 56.0. The van der Waals surface area contributed by atoms with Crippen LogP contribution in [0.3, 0.4) is 0 Å². The summed E-state index contributed by atoms with van der Waals surface area (Å²) in [5, 5.41) is 0. The van der Waals surface area contributed by atoms with E-state index in [0.717, 1.165) is 5.56 Å². The van der Waals surface area contributed by atoms with Crippen molar-refractivity contribution in [2.75, 3.05) is 37.0 Å². The highest BCUT2D eigenvalue weighted by Gasteiger charge is 2.23. The minimum absolute atomic E-state index is 0.261. The van der Waals surface area contributed by atoms with Gasteiger partial charge in [-0.2, -0.15) is 0 Å². The fourth-order valence-electron chi connectivity index (χ4n) is 3.52. The van der Waals surface area contributed by atoms with Gasteiger partial charge in [-0.3, -0.25) is 18.5 Å². The molecule has 0 saturated heterocycles. The van der Waals surface area contributed by atoms with Crippen LogP contribution in [0, 0.1) is 0 Å². The Hall–Kier alpha value is -2.32. The largest absolute Gasteiger partial charge is 0.443 e. The van der Waals surface area contributed by atoms with Crippen LogP contribution in [0.1, 0.15) is 52.7 Å². The summed E-state index contributed by atoms with van der Waals surface area (Å²) in [6.45, 7) is 10.9. The molecule has 7 nitrogen and oxygen atoms in total. The van der Waals surface area contributed by atoms with E-state index < -0.39 is 22.1 Å². The number of carbonyl (C=O) groups excluding carboxylic acids is 1. The van der Waals surface area contributed by atoms with Crippen molar-refractivity contribution in [1.82, 2.24) is 0 Å². The van der Waals surface area contributed by atoms with Crippen LogP contribution in [0.5, 0.6) is 17.2 Å². The van der Waals surface area contributed by atoms with Crippen molar-refractivity contribution in [3.05, 3.63) is 65.7 Å². The molecule has 0 fully saturated rings. The van der Waals surface area contributed by atoms with E-state index in [1.165, 1.54) is 12.2 Å². The van der Waals surface area contributed by atoms with Gasteiger partial charge < -0.3 is 13.6 Å². The summed E-state index contributed by atoms with van der Waals surface area (Å²) in [6.07, 6.45) is 8.53. The molecule has 0 atom stereocenters. The van der Waals surface area contributed by atoms with E-state index in [4.69, 9.17) is 13.6 Å². The molecule has 0 spiro atoms. The monoisotopic (exact) mass is 594 g/mol. The quantitative estimate of drug-likeness (QED) is 0.141. The molecule has 2 aromatic carbocycles. The second-order valence-corrected chi connectivity index (χ2v) is 18.2. The van der Waals surface area contributed by atoms with E-state index in [0.29, 0.717) is 59.8 Å². The van der Waals surface area contributed by atoms with Crippen LogP contribution < -0.4 is 13.6 Å². The molecule has 0 aliphatic carbocycles. The van der Waals surface area contributed by atoms with Gasteiger partial charge in [0.25, 0.3) is 0 Å². The third-order valence-electron chi connectivity index (χ3n) is 6.35. The maximum atomic E-state index is 12.9. The van der Waals surface area contributed by atoms with E-state index in [9.17, 15) is 18.5 Å². The van der Waals surface area contributed by atoms with Gasteiger partial charge in [-0.25, -0.2) is 0 Å². The molecule has 0 saturated carbocycles. The van der Waals surface area contributed by atoms with Gasteiger partial charge in [0, 0.05) is 43.0 Å². The van der Waals surface area contributed by atoms with E-state index in [1.54, 1.807) is 48.6 Å². The molecule has 0 N–H and O–H groups in total. The normalized spacial score (nSPS) is 12.7. The molecule has 0 radical (unpaired) electrons. The van der Waals surface area contributed by atoms with Gasteiger partial charge in [-0.05, 0) is 47.5 Å². The van der Waals surface area contributed by atoms with Crippen molar-refractivity contribution in [3.63, 3.8) is 0 Å². The molecular weight excluding hydrogens is 553 g/mol. The van der Waals surface area contributed by atoms with Crippen LogP contribution in [0.2, 0.25) is 0 Å². The Morgan fingerprint density at radius 2 is 0.974 bits per heavy atom. The summed E-state index contributed by atoms with van der Waals surface area (Å²) >= 11 is 0. The molecule has 10 heteroatoms. The number of carbonyl (C=O) groups is 1. The molecule has 214 valence electrons. The van der Waals surface area contributed by atoms with Gasteiger partial charge in [0.15, 0.2) is 5.78 Å². The second-order valence-electron chi connectivity index (χ2n) is 8.99. The van der Waals surface area contributed by atoms with Crippen LogP contribution in [0.25, 0.3) is 12.2 Å². The number of benzene rings is 2. The van der Waals surface area contributed by atoms with Gasteiger partial charge in [-0.1, -0.05) is 65.8 Å². The average molecular weight is 595 g/mol. The molecule has 0 unspecified atom stereocenters. The maximum Gasteiger partial charge on any atom is 0.247 e. The molecular formula is C29H41O7P3. The van der Waals surface area contributed by atoms with Gasteiger partial charge >= 0.3 is 0 Å². The molecule has 39 heavy (non-hydrogen) atoms. The molecule has 0 aliphatic heterocycles. The Morgan fingerprint density at radius 3 is 1.41 bits per heavy atom. The topological polar surface area (TPSA) is 96.0 Å². The lowest BCUT2D eigenvalue weighted by Gasteiger charge is -2.20. The SMILES string of the molecule is CCP(=O)(CC)Oc1cccc(/C=C/C(=O)/C=C/c2cc(OP(=O)(CC)CC)cc(OP(=O)(CC)CC)c2)c1. The summed E-state index contributed by atoms with van der Waals surface area (Å²) in [7, 11) is -8.44. The van der Waals surface area contributed by atoms with Crippen LogP contribution in [-0.4, -0.2) is 42.8 Å². The predicted molar refractivity (Wildman–Crippen MR) is 164 cm³/mol. The highest BCUT2D eigenvalue weighted by Crippen LogP contribution is 2.50. The fourth-order valence-corrected chi connectivity index (χ4v) is 7.11. The first-order valence-electron chi connectivity index (χ1n) is 13.4. The number of allylic oxidation sites excluding steroid dienone is 2. The Morgan fingerprint density at radius 1 is 0.590 bits per heavy atom. The van der Waals surface area contributed by atoms with Crippen molar-refractivity contribution < 1.29 is 32.1 Å². The average Bonchev–Trinajstić information content (AvgIpc) is 2.94. The number of hydrogen-bond acceptors (Lipinski definition) is 7. The van der Waals surface area contributed by atoms with Gasteiger partial charge in [-0.15, -0.1) is 0 Å². The second kappa shape index (κ2) is 14.9. The summed E-state index contributed by atoms with van der Waals surface area (Å²) in [5.41, 5.74) is 1.33. The first-order chi connectivity index (χ1) is 18.4. The highest BCUT2D eigenvalue weighted by atomic mass is 31.2. The number of rotatable bonds is 16. The summed E-state index contributed by atoms with van der Waals surface area (Å²) in [4.78, 5) is 12.6. The zero-order chi connectivity index (χ0) is 29.1. The molecule has 2 aromatic rings. The van der Waals surface area contributed by atoms with Crippen molar-refractivity contribution >= 4 is 40.0 Å². The highest BCUT2D eigenvalue weighted by molar-refractivity contribution is 7.59. The van der Waals surface area contributed by atoms with E-state index in [2.05, 4.69) is 0 Å². The van der Waals surface area contributed by atoms with Gasteiger partial charge in [0.1, 0.15) is 17.2 Å². The van der Waals surface area contributed by atoms with Crippen molar-refractivity contribution in [1.29, 1.82) is 0 Å². The molecule has 0 aromatic heterocycles. The minimum Gasteiger partial charge on any atom is -0.443 e. The molecule has 0 heterocycles. The number of ketones is 1. The fraction of sp³-hybridized carbons (Fsp3) is 0.414. The van der Waals surface area contributed by atoms with Crippen molar-refractivity contribution in [2.45, 2.75) is 41.5 Å². The molecule has 0 bridgehead atoms. The Bertz CT molecular complexity index is 1260. The summed E-state index contributed by atoms with van der Waals surface area (Å²) in [5.74, 6) is 0.927. The van der Waals surface area contributed by atoms with Crippen LogP contribution >= 0.6 is 22.1 Å². The molecule has 0 aliphatic rings. The molecule has 0 amide bonds. The Kier molecular flexibility index (Phi) is 12.6. The zero-order valence-corrected chi connectivity index (χ0v) is 26.5. The third-order valence-corrected chi connectivity index (χ3v) is 13.8. The lowest BCUT2D eigenvalue weighted by molar-refractivity contribution is -0.110. The standard InChI is InChI=1S/C29H41O7P3/c1-7-37(31,8-2)34-27-15-13-14-24(20-27)16-18-26(30)19-17-25-21-28(35-38(32,9-3)10-4)23-29(22-25)36-39(33,11-5)12-6/h13-23H,7-12H2,1-6H3/b18-16+,19-17+. The predicted octanol–water partition coefficient (Wildman–Crippen LogP) is 9.07. The van der Waals surface area contributed by atoms with E-state index >= 15 is 0 Å². The van der Waals surface area contributed by atoms with Crippen molar-refractivity contribution in [2.24, 2.45) is 0 Å². The van der Waals surface area contributed by atoms with Crippen LogP contribution in [0.4, 0.5) is 0 Å². The third kappa shape index (κ3) is 10.3. The maximum absolute atomic E-state index is 12.9. The first-order valence-corrected chi connectivity index (χ1v) is 19.4. The van der Waals surface area contributed by atoms with E-state index in [1.807, 2.05) is 47.6 Å². The Labute approximate surface area is 233 Å². The first kappa shape index (κ1) is 32.9. The zero-order valence-electron chi connectivity index (χ0n) is 23.8. The van der Waals surface area contributed by atoms with Crippen molar-refractivity contribution in [3.8, 4) is 17.2 Å². The van der Waals surface area contributed by atoms with Crippen LogP contribution in [0.15, 0.2) is 54.6 Å².